The zero-order chi connectivity index (χ0) is 54.5. The van der Waals surface area contributed by atoms with Crippen LogP contribution in [0.25, 0.3) is 22.3 Å². The number of nitrogens with zero attached hydrogens (tertiary/aromatic N) is 4. The van der Waals surface area contributed by atoms with Crippen molar-refractivity contribution in [3.05, 3.63) is 198 Å². The van der Waals surface area contributed by atoms with Gasteiger partial charge in [0.25, 0.3) is 0 Å². The predicted molar refractivity (Wildman–Crippen MR) is 326 cm³/mol. The largest absolute Gasteiger partial charge is 0.509 e. The van der Waals surface area contributed by atoms with Crippen LogP contribution in [0.4, 0.5) is 39.9 Å². The summed E-state index contributed by atoms with van der Waals surface area (Å²) in [6.07, 6.45) is 1.94. The van der Waals surface area contributed by atoms with Crippen molar-refractivity contribution in [1.29, 1.82) is 0 Å². The van der Waals surface area contributed by atoms with Crippen molar-refractivity contribution in [2.45, 2.75) is 144 Å². The number of benzene rings is 7. The summed E-state index contributed by atoms with van der Waals surface area (Å²) < 4.78 is 6.88. The summed E-state index contributed by atoms with van der Waals surface area (Å²) in [6, 6.07) is 61.4. The molecule has 0 fully saturated rings. The molecule has 3 heterocycles. The molecule has 0 saturated heterocycles. The number of pyridine rings is 1. The molecule has 0 saturated carbocycles. The number of hydrogen-bond donors (Lipinski definition) is 0. The maximum atomic E-state index is 6.88. The molecule has 5 nitrogen and oxygen atoms in total. The van der Waals surface area contributed by atoms with E-state index in [4.69, 9.17) is 9.72 Å². The van der Waals surface area contributed by atoms with E-state index in [1.54, 1.807) is 0 Å². The number of anilines is 7. The Morgan fingerprint density at radius 1 is 0.455 bits per heavy atom. The average Bonchev–Trinajstić information content (AvgIpc) is 3.77. The van der Waals surface area contributed by atoms with Crippen LogP contribution >= 0.6 is 0 Å². The fourth-order valence-electron chi connectivity index (χ4n) is 10.7. The van der Waals surface area contributed by atoms with E-state index in [0.29, 0.717) is 11.5 Å². The van der Waals surface area contributed by atoms with E-state index < -0.39 is 8.07 Å². The van der Waals surface area contributed by atoms with Crippen molar-refractivity contribution in [1.82, 2.24) is 4.98 Å². The topological polar surface area (TPSA) is 31.8 Å². The van der Waals surface area contributed by atoms with Gasteiger partial charge in [0.2, 0.25) is 0 Å². The van der Waals surface area contributed by atoms with Crippen molar-refractivity contribution in [2.24, 2.45) is 0 Å². The predicted octanol–water partition coefficient (Wildman–Crippen LogP) is 18.3. The maximum Gasteiger partial charge on any atom is 0.135 e. The zero-order valence-electron chi connectivity index (χ0n) is 48.5. The molecule has 77 heavy (non-hydrogen) atoms. The van der Waals surface area contributed by atoms with Crippen molar-refractivity contribution < 1.29 is 25.8 Å². The molecule has 0 amide bonds. The Hall–Kier alpha value is -6.20. The second kappa shape index (κ2) is 19.9. The van der Waals surface area contributed by atoms with Crippen LogP contribution in [0.15, 0.2) is 152 Å². The molecule has 1 aromatic heterocycles. The number of rotatable bonds is 7. The number of hydrogen-bond acceptors (Lipinski definition) is 5. The molecule has 2 aliphatic heterocycles. The second-order valence-corrected chi connectivity index (χ2v) is 31.2. The van der Waals surface area contributed by atoms with Crippen LogP contribution in [0, 0.1) is 18.8 Å². The van der Waals surface area contributed by atoms with E-state index in [-0.39, 0.29) is 48.1 Å². The summed E-state index contributed by atoms with van der Waals surface area (Å²) in [5.41, 5.74) is 17.2. The molecule has 0 atom stereocenters. The first kappa shape index (κ1) is 55.5. The number of aromatic nitrogens is 1. The Morgan fingerprint density at radius 2 is 0.974 bits per heavy atom. The van der Waals surface area contributed by atoms with E-state index in [2.05, 4.69) is 290 Å². The molecule has 0 spiro atoms. The van der Waals surface area contributed by atoms with Gasteiger partial charge >= 0.3 is 0 Å². The van der Waals surface area contributed by atoms with Crippen LogP contribution in [0.1, 0.15) is 132 Å². The average molecular weight is 1210 g/mol. The first-order valence-corrected chi connectivity index (χ1v) is 30.2. The normalized spacial score (nSPS) is 14.4. The molecule has 0 unspecified atom stereocenters. The van der Waals surface area contributed by atoms with E-state index in [9.17, 15) is 0 Å². The fraction of sp³-hybridized carbons (Fsp3) is 0.314. The summed E-state index contributed by atoms with van der Waals surface area (Å²) >= 11 is 0. The molecular formula is C70H77N4OPtSi-3. The second-order valence-electron chi connectivity index (χ2n) is 26.9. The zero-order valence-corrected chi connectivity index (χ0v) is 51.8. The Bertz CT molecular complexity index is 3490. The summed E-state index contributed by atoms with van der Waals surface area (Å²) in [7, 11) is -2.15. The number of fused-ring (bicyclic) bond motifs is 3. The van der Waals surface area contributed by atoms with Crippen molar-refractivity contribution in [2.75, 3.05) is 14.7 Å². The first-order chi connectivity index (χ1) is 35.6. The van der Waals surface area contributed by atoms with E-state index in [0.717, 1.165) is 39.9 Å². The minimum absolute atomic E-state index is 0. The third kappa shape index (κ3) is 10.7. The fourth-order valence-corrected chi connectivity index (χ4v) is 13.6. The smallest absolute Gasteiger partial charge is 0.135 e. The van der Waals surface area contributed by atoms with Crippen molar-refractivity contribution >= 4 is 58.4 Å². The number of para-hydroxylation sites is 3. The standard InChI is InChI=1S/C70H77N4OSi.Pt/c1-66(2,3)48-25-22-24-46(36-48)56-40-52(70(13,14)15)41-57(47-37-50(68(7,8)9)39-51(38-47)69(10,11)12)65(56)73-45-72(58-28-18-19-29-59(58)73)53-26-23-27-54(43-53)75-55-32-33-63-61(44-55)74(60-30-20-21-31-62(60)76(63,16)17)64-42-49(34-35-71-64)67(4,5)6;/h18-42,45H,1-17H3;/q-3;. The van der Waals surface area contributed by atoms with Gasteiger partial charge in [-0.2, -0.15) is 12.1 Å². The first-order valence-electron chi connectivity index (χ1n) is 27.2. The van der Waals surface area contributed by atoms with Gasteiger partial charge in [0.05, 0.1) is 8.07 Å². The SMILES string of the molecule is CC(C)(C)c1cccc(-c2cc(C(C)(C)C)cc(-c3cc(C(C)(C)C)cc(C(C)(C)C)c3)c2N2[CH-]N(c3[c-]c(Oc4[c-]c5c(cc4)[Si](C)(C)c4ccccc4N5c4cc(C(C)(C)C)ccn4)ccc3)c3ccccc32)c1.[Pt]. The molecule has 0 bridgehead atoms. The van der Waals surface area contributed by atoms with Gasteiger partial charge in [-0.15, -0.1) is 47.9 Å². The molecule has 0 N–H and O–H groups in total. The van der Waals surface area contributed by atoms with E-state index in [1.165, 1.54) is 60.4 Å². The summed E-state index contributed by atoms with van der Waals surface area (Å²) in [5.74, 6) is 2.10. The Labute approximate surface area is 477 Å². The molecule has 0 radical (unpaired) electrons. The summed E-state index contributed by atoms with van der Waals surface area (Å²) in [5, 5.41) is 2.67. The molecule has 10 rings (SSSR count). The van der Waals surface area contributed by atoms with Crippen LogP contribution in [0.5, 0.6) is 11.5 Å². The molecule has 7 heteroatoms. The molecule has 400 valence electrons. The maximum absolute atomic E-state index is 6.88. The minimum Gasteiger partial charge on any atom is -0.509 e. The molecule has 7 aromatic carbocycles. The number of ether oxygens (including phenoxy) is 1. The Morgan fingerprint density at radius 3 is 1.60 bits per heavy atom. The van der Waals surface area contributed by atoms with Gasteiger partial charge in [0, 0.05) is 72.6 Å². The third-order valence-electron chi connectivity index (χ3n) is 15.6. The Kier molecular flexibility index (Phi) is 14.4. The van der Waals surface area contributed by atoms with E-state index >= 15 is 0 Å². The molecule has 0 aliphatic carbocycles. The van der Waals surface area contributed by atoms with Crippen LogP contribution in [-0.2, 0) is 48.1 Å². The van der Waals surface area contributed by atoms with Gasteiger partial charge in [-0.05, 0) is 114 Å². The van der Waals surface area contributed by atoms with Crippen LogP contribution in [-0.4, -0.2) is 13.1 Å². The quantitative estimate of drug-likeness (QED) is 0.117. The van der Waals surface area contributed by atoms with Gasteiger partial charge in [0.15, 0.2) is 0 Å². The van der Waals surface area contributed by atoms with Crippen molar-refractivity contribution in [3.8, 4) is 33.8 Å². The van der Waals surface area contributed by atoms with Gasteiger partial charge in [-0.25, -0.2) is 4.98 Å². The van der Waals surface area contributed by atoms with Crippen LogP contribution in [0.3, 0.4) is 0 Å². The summed E-state index contributed by atoms with van der Waals surface area (Å²) in [6.45, 7) is 41.8. The molecule has 2 aliphatic rings. The van der Waals surface area contributed by atoms with Gasteiger partial charge < -0.3 is 19.4 Å². The molecular weight excluding hydrogens is 1140 g/mol. The Balaban J connectivity index is 0.00000722. The van der Waals surface area contributed by atoms with Crippen LogP contribution < -0.4 is 29.8 Å². The molecule has 8 aromatic rings. The van der Waals surface area contributed by atoms with Crippen LogP contribution in [0.2, 0.25) is 13.1 Å². The van der Waals surface area contributed by atoms with Gasteiger partial charge in [-0.1, -0.05) is 195 Å². The minimum atomic E-state index is -2.15. The monoisotopic (exact) mass is 1210 g/mol. The van der Waals surface area contributed by atoms with Crippen molar-refractivity contribution in [3.63, 3.8) is 0 Å². The van der Waals surface area contributed by atoms with Gasteiger partial charge in [-0.3, -0.25) is 0 Å². The van der Waals surface area contributed by atoms with Gasteiger partial charge in [0.1, 0.15) is 5.82 Å². The third-order valence-corrected chi connectivity index (χ3v) is 19.1. The summed E-state index contributed by atoms with van der Waals surface area (Å²) in [4.78, 5) is 12.0. The van der Waals surface area contributed by atoms with E-state index in [1.807, 2.05) is 12.3 Å².